The van der Waals surface area contributed by atoms with Gasteiger partial charge in [0.2, 0.25) is 0 Å². The van der Waals surface area contributed by atoms with Crippen LogP contribution in [0.2, 0.25) is 5.02 Å². The highest BCUT2D eigenvalue weighted by molar-refractivity contribution is 6.31. The lowest BCUT2D eigenvalue weighted by atomic mass is 10.0. The van der Waals surface area contributed by atoms with Gasteiger partial charge in [-0.25, -0.2) is 0 Å². The van der Waals surface area contributed by atoms with Crippen LogP contribution in [-0.2, 0) is 6.42 Å². The Kier molecular flexibility index (Phi) is 2.54. The second-order valence-corrected chi connectivity index (χ2v) is 4.73. The van der Waals surface area contributed by atoms with Gasteiger partial charge < -0.3 is 5.11 Å². The van der Waals surface area contributed by atoms with E-state index in [9.17, 15) is 5.11 Å². The van der Waals surface area contributed by atoms with E-state index in [-0.39, 0.29) is 5.60 Å². The normalized spacial score (nSPS) is 18.2. The maximum atomic E-state index is 9.71. The summed E-state index contributed by atoms with van der Waals surface area (Å²) in [5.41, 5.74) is 2.02. The first-order valence-corrected chi connectivity index (χ1v) is 5.44. The van der Waals surface area contributed by atoms with Crippen LogP contribution in [0.15, 0.2) is 18.2 Å². The quantitative estimate of drug-likeness (QED) is 0.813. The predicted octanol–water partition coefficient (Wildman–Crippen LogP) is 3.11. The summed E-state index contributed by atoms with van der Waals surface area (Å²) in [6.45, 7) is 2.06. The molecular weight excluding hydrogens is 196 g/mol. The molecule has 1 nitrogen and oxygen atoms in total. The zero-order valence-corrected chi connectivity index (χ0v) is 9.14. The van der Waals surface area contributed by atoms with Gasteiger partial charge in [-0.05, 0) is 44.2 Å². The molecule has 0 saturated heterocycles. The molecule has 0 spiro atoms. The van der Waals surface area contributed by atoms with Gasteiger partial charge in [0.1, 0.15) is 0 Å². The number of hydrogen-bond donors (Lipinski definition) is 1. The van der Waals surface area contributed by atoms with Crippen molar-refractivity contribution < 1.29 is 5.11 Å². The first kappa shape index (κ1) is 10.0. The molecule has 0 atom stereocenters. The van der Waals surface area contributed by atoms with E-state index in [1.54, 1.807) is 0 Å². The van der Waals surface area contributed by atoms with Crippen LogP contribution in [0.5, 0.6) is 0 Å². The summed E-state index contributed by atoms with van der Waals surface area (Å²) in [4.78, 5) is 0. The Bertz CT molecular complexity index is 342. The molecule has 0 radical (unpaired) electrons. The molecule has 76 valence electrons. The van der Waals surface area contributed by atoms with Gasteiger partial charge in [-0.15, -0.1) is 0 Å². The summed E-state index contributed by atoms with van der Waals surface area (Å²) in [5, 5.41) is 10.5. The highest BCUT2D eigenvalue weighted by atomic mass is 35.5. The average molecular weight is 211 g/mol. The maximum absolute atomic E-state index is 9.71. The topological polar surface area (TPSA) is 20.2 Å². The molecule has 1 aromatic carbocycles. The Hall–Kier alpha value is -0.530. The lowest BCUT2D eigenvalue weighted by Gasteiger charge is -2.09. The van der Waals surface area contributed by atoms with Crippen molar-refractivity contribution in [2.45, 2.75) is 38.2 Å². The van der Waals surface area contributed by atoms with E-state index < -0.39 is 0 Å². The SMILES string of the molecule is Cc1ccc(Cl)c(CCC2(O)CC2)c1. The first-order valence-electron chi connectivity index (χ1n) is 5.06. The molecular formula is C12H15ClO. The van der Waals surface area contributed by atoms with E-state index in [1.165, 1.54) is 5.56 Å². The average Bonchev–Trinajstić information content (AvgIpc) is 2.87. The highest BCUT2D eigenvalue weighted by Crippen LogP contribution is 2.39. The number of halogens is 1. The number of hydrogen-bond acceptors (Lipinski definition) is 1. The molecule has 2 heteroatoms. The van der Waals surface area contributed by atoms with Gasteiger partial charge in [0.25, 0.3) is 0 Å². The van der Waals surface area contributed by atoms with Gasteiger partial charge in [-0.1, -0.05) is 29.3 Å². The van der Waals surface area contributed by atoms with E-state index in [0.29, 0.717) is 0 Å². The first-order chi connectivity index (χ1) is 6.59. The molecule has 0 unspecified atom stereocenters. The summed E-state index contributed by atoms with van der Waals surface area (Å²) in [6.07, 6.45) is 3.64. The molecule has 0 aliphatic heterocycles. The van der Waals surface area contributed by atoms with Crippen LogP contribution < -0.4 is 0 Å². The molecule has 2 rings (SSSR count). The summed E-state index contributed by atoms with van der Waals surface area (Å²) in [6, 6.07) is 6.05. The summed E-state index contributed by atoms with van der Waals surface area (Å²) >= 11 is 6.06. The molecule has 0 aromatic heterocycles. The van der Waals surface area contributed by atoms with Gasteiger partial charge in [0.15, 0.2) is 0 Å². The Morgan fingerprint density at radius 1 is 1.43 bits per heavy atom. The van der Waals surface area contributed by atoms with Crippen molar-refractivity contribution in [3.63, 3.8) is 0 Å². The van der Waals surface area contributed by atoms with Crippen molar-refractivity contribution in [3.8, 4) is 0 Å². The van der Waals surface area contributed by atoms with Crippen molar-refractivity contribution >= 4 is 11.6 Å². The second kappa shape index (κ2) is 3.56. The Morgan fingerprint density at radius 2 is 2.14 bits per heavy atom. The van der Waals surface area contributed by atoms with Gasteiger partial charge >= 0.3 is 0 Å². The zero-order chi connectivity index (χ0) is 10.2. The molecule has 1 N–H and O–H groups in total. The van der Waals surface area contributed by atoms with Crippen LogP contribution in [0, 0.1) is 6.92 Å². The van der Waals surface area contributed by atoms with Crippen molar-refractivity contribution in [1.82, 2.24) is 0 Å². The molecule has 1 fully saturated rings. The number of rotatable bonds is 3. The standard InChI is InChI=1S/C12H15ClO/c1-9-2-3-11(13)10(8-9)4-5-12(14)6-7-12/h2-3,8,14H,4-7H2,1H3. The second-order valence-electron chi connectivity index (χ2n) is 4.32. The fourth-order valence-electron chi connectivity index (χ4n) is 1.66. The van der Waals surface area contributed by atoms with Gasteiger partial charge in [-0.2, -0.15) is 0 Å². The van der Waals surface area contributed by atoms with Crippen molar-refractivity contribution in [2.24, 2.45) is 0 Å². The third kappa shape index (κ3) is 2.28. The molecule has 1 aliphatic carbocycles. The summed E-state index contributed by atoms with van der Waals surface area (Å²) < 4.78 is 0. The van der Waals surface area contributed by atoms with Gasteiger partial charge in [0, 0.05) is 5.02 Å². The number of aryl methyl sites for hydroxylation is 2. The lowest BCUT2D eigenvalue weighted by molar-refractivity contribution is 0.140. The molecule has 1 saturated carbocycles. The Labute approximate surface area is 89.7 Å². The Morgan fingerprint density at radius 3 is 2.79 bits per heavy atom. The maximum Gasteiger partial charge on any atom is 0.0653 e. The summed E-state index contributed by atoms with van der Waals surface area (Å²) in [5.74, 6) is 0. The van der Waals surface area contributed by atoms with Crippen LogP contribution in [0.1, 0.15) is 30.4 Å². The van der Waals surface area contributed by atoms with Gasteiger partial charge in [-0.3, -0.25) is 0 Å². The van der Waals surface area contributed by atoms with Crippen LogP contribution in [0.3, 0.4) is 0 Å². The van der Waals surface area contributed by atoms with Crippen LogP contribution in [0.25, 0.3) is 0 Å². The van der Waals surface area contributed by atoms with Crippen molar-refractivity contribution in [3.05, 3.63) is 34.3 Å². The minimum Gasteiger partial charge on any atom is -0.390 e. The largest absolute Gasteiger partial charge is 0.390 e. The van der Waals surface area contributed by atoms with Gasteiger partial charge in [0.05, 0.1) is 5.60 Å². The minimum atomic E-state index is -0.368. The fourth-order valence-corrected chi connectivity index (χ4v) is 1.87. The van der Waals surface area contributed by atoms with Crippen LogP contribution in [-0.4, -0.2) is 10.7 Å². The smallest absolute Gasteiger partial charge is 0.0653 e. The molecule has 1 aliphatic rings. The van der Waals surface area contributed by atoms with Crippen molar-refractivity contribution in [2.75, 3.05) is 0 Å². The van der Waals surface area contributed by atoms with Crippen LogP contribution in [0.4, 0.5) is 0 Å². The van der Waals surface area contributed by atoms with Crippen LogP contribution >= 0.6 is 11.6 Å². The number of aliphatic hydroxyl groups is 1. The Balaban J connectivity index is 2.04. The highest BCUT2D eigenvalue weighted by Gasteiger charge is 2.39. The molecule has 0 bridgehead atoms. The zero-order valence-electron chi connectivity index (χ0n) is 8.39. The fraction of sp³-hybridized carbons (Fsp3) is 0.500. The van der Waals surface area contributed by atoms with E-state index in [1.807, 2.05) is 12.1 Å². The van der Waals surface area contributed by atoms with E-state index in [4.69, 9.17) is 11.6 Å². The predicted molar refractivity (Wildman–Crippen MR) is 58.7 cm³/mol. The lowest BCUT2D eigenvalue weighted by Crippen LogP contribution is -2.07. The molecule has 0 amide bonds. The number of benzene rings is 1. The third-order valence-electron chi connectivity index (χ3n) is 2.89. The molecule has 0 heterocycles. The third-order valence-corrected chi connectivity index (χ3v) is 3.26. The monoisotopic (exact) mass is 210 g/mol. The van der Waals surface area contributed by atoms with E-state index in [2.05, 4.69) is 13.0 Å². The van der Waals surface area contributed by atoms with E-state index >= 15 is 0 Å². The van der Waals surface area contributed by atoms with E-state index in [0.717, 1.165) is 36.3 Å². The van der Waals surface area contributed by atoms with Crippen molar-refractivity contribution in [1.29, 1.82) is 0 Å². The molecule has 14 heavy (non-hydrogen) atoms. The summed E-state index contributed by atoms with van der Waals surface area (Å²) in [7, 11) is 0. The minimum absolute atomic E-state index is 0.368. The molecule has 1 aromatic rings.